The minimum atomic E-state index is -0.532. The summed E-state index contributed by atoms with van der Waals surface area (Å²) >= 11 is 0. The molecule has 0 aliphatic heterocycles. The molecule has 1 N–H and O–H groups in total. The summed E-state index contributed by atoms with van der Waals surface area (Å²) in [5.41, 5.74) is 1.06. The second-order valence-electron chi connectivity index (χ2n) is 6.82. The van der Waals surface area contributed by atoms with E-state index < -0.39 is 9.85 Å². The van der Waals surface area contributed by atoms with Crippen LogP contribution >= 0.6 is 0 Å². The number of nitro benzene ring substituents is 2. The Kier molecular flexibility index (Phi) is 4.92. The lowest BCUT2D eigenvalue weighted by Crippen LogP contribution is -2.12. The van der Waals surface area contributed by atoms with Crippen LogP contribution in [0.1, 0.15) is 11.1 Å². The third-order valence-corrected chi connectivity index (χ3v) is 4.84. The smallest absolute Gasteiger partial charge is 0.269 e. The summed E-state index contributed by atoms with van der Waals surface area (Å²) in [6, 6.07) is 15.5. The molecule has 0 saturated heterocycles. The van der Waals surface area contributed by atoms with Gasteiger partial charge in [-0.25, -0.2) is 0 Å². The molecular formula is C22H14N2O7. The molecule has 0 bridgehead atoms. The maximum Gasteiger partial charge on any atom is 0.269 e. The van der Waals surface area contributed by atoms with E-state index in [1.165, 1.54) is 54.6 Å². The molecule has 4 rings (SSSR count). The number of nitrogens with zero attached hydrogens (tertiary/aromatic N) is 2. The molecule has 0 saturated carbocycles. The summed E-state index contributed by atoms with van der Waals surface area (Å²) in [5, 5.41) is 31.9. The minimum Gasteiger partial charge on any atom is -0.508 e. The van der Waals surface area contributed by atoms with Crippen LogP contribution in [0.3, 0.4) is 0 Å². The fourth-order valence-corrected chi connectivity index (χ4v) is 3.29. The summed E-state index contributed by atoms with van der Waals surface area (Å²) < 4.78 is 5.94. The highest BCUT2D eigenvalue weighted by atomic mass is 16.6. The Hall–Kier alpha value is -4.53. The van der Waals surface area contributed by atoms with Crippen LogP contribution in [-0.4, -0.2) is 15.0 Å². The van der Waals surface area contributed by atoms with Crippen LogP contribution in [0.25, 0.3) is 22.3 Å². The Labute approximate surface area is 174 Å². The van der Waals surface area contributed by atoms with Crippen molar-refractivity contribution in [3.63, 3.8) is 0 Å². The van der Waals surface area contributed by atoms with Gasteiger partial charge in [-0.3, -0.25) is 25.0 Å². The summed E-state index contributed by atoms with van der Waals surface area (Å²) in [5.74, 6) is 0.129. The van der Waals surface area contributed by atoms with Gasteiger partial charge in [0.1, 0.15) is 17.1 Å². The lowest BCUT2D eigenvalue weighted by Gasteiger charge is -2.11. The standard InChI is InChI=1S/C22H14N2O7/c25-17-9-10-18-20(12-17)31-22(14-3-7-16(8-4-14)24(29)30)19(21(18)26)11-13-1-5-15(6-2-13)23(27)28/h1-10,12,25H,11H2. The topological polar surface area (TPSA) is 137 Å². The van der Waals surface area contributed by atoms with E-state index in [2.05, 4.69) is 0 Å². The van der Waals surface area contributed by atoms with Crippen LogP contribution in [0.5, 0.6) is 5.75 Å². The van der Waals surface area contributed by atoms with Gasteiger partial charge in [0, 0.05) is 47.9 Å². The molecule has 154 valence electrons. The number of fused-ring (bicyclic) bond motifs is 1. The minimum absolute atomic E-state index is 0.0691. The van der Waals surface area contributed by atoms with Gasteiger partial charge in [0.25, 0.3) is 11.4 Å². The fraction of sp³-hybridized carbons (Fsp3) is 0.0455. The van der Waals surface area contributed by atoms with Crippen molar-refractivity contribution in [2.24, 2.45) is 0 Å². The molecule has 3 aromatic carbocycles. The number of hydrogen-bond acceptors (Lipinski definition) is 7. The number of phenols is 1. The zero-order valence-corrected chi connectivity index (χ0v) is 15.8. The summed E-state index contributed by atoms with van der Waals surface area (Å²) in [6.45, 7) is 0. The molecule has 31 heavy (non-hydrogen) atoms. The number of aromatic hydroxyl groups is 1. The average molecular weight is 418 g/mol. The van der Waals surface area contributed by atoms with Crippen molar-refractivity contribution >= 4 is 22.3 Å². The Morgan fingerprint density at radius 2 is 1.42 bits per heavy atom. The summed E-state index contributed by atoms with van der Waals surface area (Å²) in [6.07, 6.45) is 0.128. The first-order chi connectivity index (χ1) is 14.8. The predicted octanol–water partition coefficient (Wildman–Crippen LogP) is 4.57. The van der Waals surface area contributed by atoms with Gasteiger partial charge in [-0.15, -0.1) is 0 Å². The molecule has 1 heterocycles. The van der Waals surface area contributed by atoms with Gasteiger partial charge in [0.2, 0.25) is 0 Å². The first-order valence-electron chi connectivity index (χ1n) is 9.10. The van der Waals surface area contributed by atoms with Crippen molar-refractivity contribution in [2.75, 3.05) is 0 Å². The van der Waals surface area contributed by atoms with Crippen LogP contribution in [0.4, 0.5) is 11.4 Å². The van der Waals surface area contributed by atoms with Gasteiger partial charge in [-0.2, -0.15) is 0 Å². The highest BCUT2D eigenvalue weighted by Crippen LogP contribution is 2.30. The average Bonchev–Trinajstić information content (AvgIpc) is 2.75. The van der Waals surface area contributed by atoms with Crippen LogP contribution in [0, 0.1) is 20.2 Å². The first kappa shape index (κ1) is 19.8. The van der Waals surface area contributed by atoms with Crippen molar-refractivity contribution in [3.8, 4) is 17.1 Å². The number of non-ortho nitro benzene ring substituents is 2. The molecular weight excluding hydrogens is 404 g/mol. The molecule has 1 aromatic heterocycles. The third-order valence-electron chi connectivity index (χ3n) is 4.84. The summed E-state index contributed by atoms with van der Waals surface area (Å²) in [7, 11) is 0. The van der Waals surface area contributed by atoms with Crippen LogP contribution in [0.2, 0.25) is 0 Å². The number of rotatable bonds is 5. The van der Waals surface area contributed by atoms with Crippen molar-refractivity contribution in [1.82, 2.24) is 0 Å². The van der Waals surface area contributed by atoms with Gasteiger partial charge in [-0.1, -0.05) is 12.1 Å². The third kappa shape index (κ3) is 3.84. The molecule has 0 atom stereocenters. The molecule has 9 heteroatoms. The SMILES string of the molecule is O=c1c(Cc2ccc([N+](=O)[O-])cc2)c(-c2ccc([N+](=O)[O-])cc2)oc2cc(O)ccc12. The van der Waals surface area contributed by atoms with E-state index in [0.717, 1.165) is 0 Å². The number of nitro groups is 2. The van der Waals surface area contributed by atoms with Gasteiger partial charge < -0.3 is 9.52 Å². The Morgan fingerprint density at radius 1 is 0.839 bits per heavy atom. The van der Waals surface area contributed by atoms with Crippen LogP contribution < -0.4 is 5.43 Å². The first-order valence-corrected chi connectivity index (χ1v) is 9.10. The molecule has 0 aliphatic rings. The molecule has 0 fully saturated rings. The highest BCUT2D eigenvalue weighted by molar-refractivity contribution is 5.82. The molecule has 0 aliphatic carbocycles. The Bertz CT molecular complexity index is 1370. The quantitative estimate of drug-likeness (QED) is 0.370. The van der Waals surface area contributed by atoms with Crippen molar-refractivity contribution in [1.29, 1.82) is 0 Å². The normalized spacial score (nSPS) is 10.8. The second kappa shape index (κ2) is 7.71. The fourth-order valence-electron chi connectivity index (χ4n) is 3.29. The van der Waals surface area contributed by atoms with Crippen molar-refractivity contribution in [3.05, 3.63) is 108 Å². The van der Waals surface area contributed by atoms with E-state index in [0.29, 0.717) is 16.7 Å². The van der Waals surface area contributed by atoms with Crippen molar-refractivity contribution in [2.45, 2.75) is 6.42 Å². The molecule has 0 spiro atoms. The molecule has 0 unspecified atom stereocenters. The van der Waals surface area contributed by atoms with E-state index in [1.807, 2.05) is 0 Å². The van der Waals surface area contributed by atoms with Crippen LogP contribution in [-0.2, 0) is 6.42 Å². The monoisotopic (exact) mass is 418 g/mol. The predicted molar refractivity (Wildman–Crippen MR) is 112 cm³/mol. The second-order valence-corrected chi connectivity index (χ2v) is 6.82. The number of phenolic OH excluding ortho intramolecular Hbond substituents is 1. The number of hydrogen-bond donors (Lipinski definition) is 1. The van der Waals surface area contributed by atoms with E-state index in [1.54, 1.807) is 12.1 Å². The van der Waals surface area contributed by atoms with E-state index in [-0.39, 0.29) is 45.7 Å². The zero-order valence-electron chi connectivity index (χ0n) is 15.8. The van der Waals surface area contributed by atoms with Crippen LogP contribution in [0.15, 0.2) is 75.9 Å². The molecule has 4 aromatic rings. The number of benzene rings is 3. The zero-order chi connectivity index (χ0) is 22.1. The molecule has 0 amide bonds. The van der Waals surface area contributed by atoms with E-state index in [4.69, 9.17) is 4.42 Å². The van der Waals surface area contributed by atoms with Gasteiger partial charge in [0.15, 0.2) is 5.43 Å². The van der Waals surface area contributed by atoms with Gasteiger partial charge in [0.05, 0.1) is 15.2 Å². The van der Waals surface area contributed by atoms with E-state index >= 15 is 0 Å². The maximum absolute atomic E-state index is 13.2. The van der Waals surface area contributed by atoms with Gasteiger partial charge >= 0.3 is 0 Å². The highest BCUT2D eigenvalue weighted by Gasteiger charge is 2.18. The largest absolute Gasteiger partial charge is 0.508 e. The molecule has 0 radical (unpaired) electrons. The Morgan fingerprint density at radius 3 is 2.00 bits per heavy atom. The van der Waals surface area contributed by atoms with E-state index in [9.17, 15) is 30.1 Å². The lowest BCUT2D eigenvalue weighted by atomic mass is 9.98. The van der Waals surface area contributed by atoms with Crippen molar-refractivity contribution < 1.29 is 19.4 Å². The lowest BCUT2D eigenvalue weighted by molar-refractivity contribution is -0.385. The van der Waals surface area contributed by atoms with Gasteiger partial charge in [-0.05, 0) is 29.8 Å². The molecule has 9 nitrogen and oxygen atoms in total. The summed E-state index contributed by atoms with van der Waals surface area (Å²) in [4.78, 5) is 34.0. The Balaban J connectivity index is 1.89. The maximum atomic E-state index is 13.2.